The van der Waals surface area contributed by atoms with Crippen LogP contribution in [-0.4, -0.2) is 53.3 Å². The SMILES string of the molecule is CC(C)(C)OC(=O)N1CCC(NC(=O)c2sc3nccc4c3c2NCN4c2ccc(Oc3ccccc3)cc2)CC1. The topological polar surface area (TPSA) is 96.0 Å². The number of nitrogens with zero attached hydrogens (tertiary/aromatic N) is 3. The minimum absolute atomic E-state index is 0.0114. The number of carbonyl (C=O) groups is 2. The second-order valence-corrected chi connectivity index (χ2v) is 12.2. The second kappa shape index (κ2) is 10.9. The number of thiophene rings is 1. The molecular formula is C31H33N5O4S. The van der Waals surface area contributed by atoms with E-state index >= 15 is 0 Å². The number of ether oxygens (including phenoxy) is 2. The molecule has 4 aromatic rings. The number of hydrogen-bond acceptors (Lipinski definition) is 8. The quantitative estimate of drug-likeness (QED) is 0.274. The molecule has 10 heteroatoms. The first-order valence-electron chi connectivity index (χ1n) is 13.8. The Hall–Kier alpha value is -4.31. The number of aromatic nitrogens is 1. The van der Waals surface area contributed by atoms with E-state index in [0.29, 0.717) is 37.5 Å². The summed E-state index contributed by atoms with van der Waals surface area (Å²) in [6, 6.07) is 19.6. The van der Waals surface area contributed by atoms with Gasteiger partial charge in [-0.3, -0.25) is 4.79 Å². The van der Waals surface area contributed by atoms with Crippen LogP contribution in [0.4, 0.5) is 21.9 Å². The first kappa shape index (κ1) is 26.9. The van der Waals surface area contributed by atoms with Gasteiger partial charge in [0.2, 0.25) is 0 Å². The third-order valence-corrected chi connectivity index (χ3v) is 8.19. The molecule has 1 saturated heterocycles. The summed E-state index contributed by atoms with van der Waals surface area (Å²) in [5.74, 6) is 1.43. The van der Waals surface area contributed by atoms with Crippen molar-refractivity contribution in [3.05, 3.63) is 71.7 Å². The Kier molecular flexibility index (Phi) is 7.17. The lowest BCUT2D eigenvalue weighted by Crippen LogP contribution is -2.47. The number of rotatable bonds is 5. The van der Waals surface area contributed by atoms with E-state index in [-0.39, 0.29) is 18.0 Å². The predicted octanol–water partition coefficient (Wildman–Crippen LogP) is 6.74. The largest absolute Gasteiger partial charge is 0.457 e. The molecule has 2 aliphatic rings. The molecule has 0 bridgehead atoms. The maximum atomic E-state index is 13.4. The van der Waals surface area contributed by atoms with Gasteiger partial charge in [-0.25, -0.2) is 9.78 Å². The molecule has 2 amide bonds. The van der Waals surface area contributed by atoms with Crippen LogP contribution in [0.15, 0.2) is 66.9 Å². The minimum atomic E-state index is -0.527. The number of carbonyl (C=O) groups excluding carboxylic acids is 2. The Morgan fingerprint density at radius 2 is 1.71 bits per heavy atom. The Balaban J connectivity index is 1.15. The van der Waals surface area contributed by atoms with Gasteiger partial charge in [-0.2, -0.15) is 0 Å². The highest BCUT2D eigenvalue weighted by atomic mass is 32.1. The molecule has 0 spiro atoms. The summed E-state index contributed by atoms with van der Waals surface area (Å²) in [5.41, 5.74) is 2.30. The van der Waals surface area contributed by atoms with Crippen molar-refractivity contribution in [1.82, 2.24) is 15.2 Å². The number of para-hydroxylation sites is 1. The van der Waals surface area contributed by atoms with Gasteiger partial charge in [0, 0.05) is 31.0 Å². The van der Waals surface area contributed by atoms with Gasteiger partial charge in [-0.1, -0.05) is 18.2 Å². The highest BCUT2D eigenvalue weighted by Gasteiger charge is 2.31. The number of benzene rings is 2. The van der Waals surface area contributed by atoms with Gasteiger partial charge < -0.3 is 29.9 Å². The zero-order valence-corrected chi connectivity index (χ0v) is 24.2. The van der Waals surface area contributed by atoms with Gasteiger partial charge >= 0.3 is 6.09 Å². The van der Waals surface area contributed by atoms with Crippen molar-refractivity contribution in [3.63, 3.8) is 0 Å². The summed E-state index contributed by atoms with van der Waals surface area (Å²) < 4.78 is 11.4. The van der Waals surface area contributed by atoms with Crippen LogP contribution < -0.4 is 20.3 Å². The van der Waals surface area contributed by atoms with Gasteiger partial charge in [0.05, 0.1) is 23.4 Å². The van der Waals surface area contributed by atoms with E-state index in [0.717, 1.165) is 38.8 Å². The first-order valence-corrected chi connectivity index (χ1v) is 14.6. The van der Waals surface area contributed by atoms with Crippen LogP contribution in [0, 0.1) is 0 Å². The van der Waals surface area contributed by atoms with E-state index in [4.69, 9.17) is 9.47 Å². The first-order chi connectivity index (χ1) is 19.7. The molecule has 41 heavy (non-hydrogen) atoms. The zero-order chi connectivity index (χ0) is 28.6. The second-order valence-electron chi connectivity index (χ2n) is 11.2. The van der Waals surface area contributed by atoms with Crippen LogP contribution in [0.5, 0.6) is 11.5 Å². The average molecular weight is 572 g/mol. The molecular weight excluding hydrogens is 538 g/mol. The maximum absolute atomic E-state index is 13.4. The molecule has 0 aliphatic carbocycles. The number of pyridine rings is 1. The molecule has 0 atom stereocenters. The number of piperidine rings is 1. The lowest BCUT2D eigenvalue weighted by molar-refractivity contribution is 0.0200. The molecule has 1 fully saturated rings. The number of amides is 2. The van der Waals surface area contributed by atoms with Crippen LogP contribution in [0.2, 0.25) is 0 Å². The van der Waals surface area contributed by atoms with Gasteiger partial charge in [0.1, 0.15) is 26.8 Å². The van der Waals surface area contributed by atoms with E-state index in [1.807, 2.05) is 81.4 Å². The number of hydrogen-bond donors (Lipinski definition) is 2. The molecule has 2 aliphatic heterocycles. The fourth-order valence-electron chi connectivity index (χ4n) is 5.14. The molecule has 0 radical (unpaired) electrons. The standard InChI is InChI=1S/C31H33N5O4S/c1-31(2,3)40-30(38)35-17-14-20(15-18-35)34-28(37)27-26-25-24(13-16-32-29(25)41-27)36(19-33-26)21-9-11-23(12-10-21)39-22-7-5-4-6-8-22/h4-13,16,20,33H,14-15,17-19H2,1-3H3,(H,34,37). The maximum Gasteiger partial charge on any atom is 0.410 e. The molecule has 2 N–H and O–H groups in total. The van der Waals surface area contributed by atoms with Crippen LogP contribution in [0.3, 0.4) is 0 Å². The van der Waals surface area contributed by atoms with Crippen LogP contribution in [0.25, 0.3) is 10.2 Å². The summed E-state index contributed by atoms with van der Waals surface area (Å²) >= 11 is 1.40. The smallest absolute Gasteiger partial charge is 0.410 e. The monoisotopic (exact) mass is 571 g/mol. The van der Waals surface area contributed by atoms with Crippen molar-refractivity contribution in [2.24, 2.45) is 0 Å². The summed E-state index contributed by atoms with van der Waals surface area (Å²) in [4.78, 5) is 35.7. The van der Waals surface area contributed by atoms with Crippen molar-refractivity contribution in [3.8, 4) is 11.5 Å². The number of nitrogens with one attached hydrogen (secondary N) is 2. The number of anilines is 3. The van der Waals surface area contributed by atoms with Crippen LogP contribution >= 0.6 is 11.3 Å². The Labute approximate surface area is 243 Å². The highest BCUT2D eigenvalue weighted by Crippen LogP contribution is 2.45. The molecule has 212 valence electrons. The normalized spacial score (nSPS) is 15.4. The fraction of sp³-hybridized carbons (Fsp3) is 0.323. The van der Waals surface area contributed by atoms with Crippen molar-refractivity contribution < 1.29 is 19.1 Å². The van der Waals surface area contributed by atoms with E-state index in [1.54, 1.807) is 11.1 Å². The predicted molar refractivity (Wildman–Crippen MR) is 162 cm³/mol. The molecule has 0 unspecified atom stereocenters. The van der Waals surface area contributed by atoms with Crippen molar-refractivity contribution in [1.29, 1.82) is 0 Å². The summed E-state index contributed by atoms with van der Waals surface area (Å²) in [5, 5.41) is 7.61. The van der Waals surface area contributed by atoms with Gasteiger partial charge in [0.25, 0.3) is 5.91 Å². The zero-order valence-electron chi connectivity index (χ0n) is 23.3. The Bertz CT molecular complexity index is 1560. The van der Waals surface area contributed by atoms with E-state index < -0.39 is 5.60 Å². The van der Waals surface area contributed by atoms with Crippen molar-refractivity contribution in [2.45, 2.75) is 45.3 Å². The highest BCUT2D eigenvalue weighted by molar-refractivity contribution is 7.21. The average Bonchev–Trinajstić information content (AvgIpc) is 3.34. The van der Waals surface area contributed by atoms with E-state index in [9.17, 15) is 9.59 Å². The van der Waals surface area contributed by atoms with Crippen LogP contribution in [0.1, 0.15) is 43.3 Å². The molecule has 9 nitrogen and oxygen atoms in total. The van der Waals surface area contributed by atoms with Gasteiger partial charge in [-0.15, -0.1) is 11.3 Å². The molecule has 2 aromatic carbocycles. The lowest BCUT2D eigenvalue weighted by atomic mass is 10.1. The molecule has 2 aromatic heterocycles. The van der Waals surface area contributed by atoms with E-state index in [1.165, 1.54) is 11.3 Å². The minimum Gasteiger partial charge on any atom is -0.457 e. The summed E-state index contributed by atoms with van der Waals surface area (Å²) in [6.07, 6.45) is 2.85. The fourth-order valence-corrected chi connectivity index (χ4v) is 6.18. The van der Waals surface area contributed by atoms with Gasteiger partial charge in [0.15, 0.2) is 0 Å². The third kappa shape index (κ3) is 5.78. The molecule has 0 saturated carbocycles. The van der Waals surface area contributed by atoms with Crippen LogP contribution in [-0.2, 0) is 4.74 Å². The third-order valence-electron chi connectivity index (χ3n) is 7.09. The Morgan fingerprint density at radius 1 is 1.00 bits per heavy atom. The van der Waals surface area contributed by atoms with Crippen molar-refractivity contribution >= 4 is 50.6 Å². The summed E-state index contributed by atoms with van der Waals surface area (Å²) in [6.45, 7) is 7.19. The van der Waals surface area contributed by atoms with Gasteiger partial charge in [-0.05, 0) is 76.1 Å². The van der Waals surface area contributed by atoms with E-state index in [2.05, 4.69) is 20.5 Å². The summed E-state index contributed by atoms with van der Waals surface area (Å²) in [7, 11) is 0. The Morgan fingerprint density at radius 3 is 2.41 bits per heavy atom. The molecule has 6 rings (SSSR count). The van der Waals surface area contributed by atoms with Crippen molar-refractivity contribution in [2.75, 3.05) is 30.0 Å². The number of likely N-dealkylation sites (tertiary alicyclic amines) is 1. The molecule has 4 heterocycles. The lowest BCUT2D eigenvalue weighted by Gasteiger charge is -2.33.